The van der Waals surface area contributed by atoms with E-state index in [1.54, 1.807) is 0 Å². The number of carbonyl (C=O) groups excluding carboxylic acids is 2. The molecule has 0 aliphatic carbocycles. The lowest BCUT2D eigenvalue weighted by atomic mass is 10.2. The van der Waals surface area contributed by atoms with Crippen molar-refractivity contribution >= 4 is 12.2 Å². The molecule has 1 fully saturated rings. The standard InChI is InChI=1S/C9H18N2O2.CH2O3/c1-9(2,3)13-8(12)11-7-4-5-10-6-7;2-1(3)4/h7,10H,4-6H2,1-3H3,(H,11,12);(H2,2,3,4)/p-2. The van der Waals surface area contributed by atoms with Gasteiger partial charge in [-0.05, 0) is 39.9 Å². The molecular weight excluding hydrogens is 228 g/mol. The van der Waals surface area contributed by atoms with Gasteiger partial charge in [-0.15, -0.1) is 0 Å². The molecule has 1 unspecified atom stereocenters. The van der Waals surface area contributed by atoms with Crippen molar-refractivity contribution < 1.29 is 24.5 Å². The van der Waals surface area contributed by atoms with Gasteiger partial charge in [-0.25, -0.2) is 4.79 Å². The van der Waals surface area contributed by atoms with Gasteiger partial charge in [0.2, 0.25) is 0 Å². The lowest BCUT2D eigenvalue weighted by molar-refractivity contribution is -0.415. The molecule has 100 valence electrons. The van der Waals surface area contributed by atoms with Gasteiger partial charge >= 0.3 is 6.09 Å². The molecule has 17 heavy (non-hydrogen) atoms. The van der Waals surface area contributed by atoms with E-state index in [-0.39, 0.29) is 12.1 Å². The molecule has 0 aromatic heterocycles. The highest BCUT2D eigenvalue weighted by atomic mass is 16.6. The Bertz CT molecular complexity index is 252. The summed E-state index contributed by atoms with van der Waals surface area (Å²) >= 11 is 0. The average Bonchev–Trinajstić information content (AvgIpc) is 2.50. The molecule has 7 nitrogen and oxygen atoms in total. The Morgan fingerprint density at radius 1 is 1.35 bits per heavy atom. The molecule has 0 bridgehead atoms. The molecule has 1 amide bonds. The van der Waals surface area contributed by atoms with Gasteiger partial charge in [-0.3, -0.25) is 0 Å². The van der Waals surface area contributed by atoms with Gasteiger partial charge in [-0.2, -0.15) is 0 Å². The smallest absolute Gasteiger partial charge is 0.407 e. The molecule has 1 aliphatic heterocycles. The van der Waals surface area contributed by atoms with Crippen molar-refractivity contribution in [3.63, 3.8) is 0 Å². The van der Waals surface area contributed by atoms with Gasteiger partial charge in [0.05, 0.1) is 0 Å². The number of ether oxygens (including phenoxy) is 1. The van der Waals surface area contributed by atoms with E-state index in [2.05, 4.69) is 10.6 Å². The first-order chi connectivity index (χ1) is 7.70. The Morgan fingerprint density at radius 2 is 1.88 bits per heavy atom. The average molecular weight is 246 g/mol. The van der Waals surface area contributed by atoms with E-state index in [1.165, 1.54) is 0 Å². The van der Waals surface area contributed by atoms with Crippen LogP contribution in [-0.4, -0.2) is 37.0 Å². The van der Waals surface area contributed by atoms with Crippen LogP contribution < -0.4 is 20.8 Å². The van der Waals surface area contributed by atoms with Crippen molar-refractivity contribution in [3.8, 4) is 0 Å². The first-order valence-electron chi connectivity index (χ1n) is 5.29. The van der Waals surface area contributed by atoms with Crippen LogP contribution in [0.15, 0.2) is 0 Å². The highest BCUT2D eigenvalue weighted by Crippen LogP contribution is 2.07. The quantitative estimate of drug-likeness (QED) is 0.577. The van der Waals surface area contributed by atoms with Gasteiger partial charge in [0.15, 0.2) is 0 Å². The summed E-state index contributed by atoms with van der Waals surface area (Å²) in [4.78, 5) is 19.6. The number of carboxylic acid groups (broad SMARTS) is 2. The van der Waals surface area contributed by atoms with Gasteiger partial charge in [0.25, 0.3) is 0 Å². The first-order valence-corrected chi connectivity index (χ1v) is 5.29. The minimum atomic E-state index is -2.33. The zero-order chi connectivity index (χ0) is 13.5. The summed E-state index contributed by atoms with van der Waals surface area (Å²) in [7, 11) is 0. The van der Waals surface area contributed by atoms with Crippen molar-refractivity contribution in [3.05, 3.63) is 0 Å². The van der Waals surface area contributed by atoms with Crippen LogP contribution in [0.25, 0.3) is 0 Å². The van der Waals surface area contributed by atoms with Crippen molar-refractivity contribution in [1.29, 1.82) is 0 Å². The zero-order valence-electron chi connectivity index (χ0n) is 10.2. The largest absolute Gasteiger partial charge is 0.652 e. The monoisotopic (exact) mass is 246 g/mol. The maximum absolute atomic E-state index is 11.3. The topological polar surface area (TPSA) is 114 Å². The Labute approximate surface area is 100 Å². The molecule has 1 saturated heterocycles. The van der Waals surface area contributed by atoms with E-state index in [1.807, 2.05) is 20.8 Å². The van der Waals surface area contributed by atoms with E-state index in [9.17, 15) is 4.79 Å². The van der Waals surface area contributed by atoms with Crippen molar-refractivity contribution in [2.75, 3.05) is 13.1 Å². The van der Waals surface area contributed by atoms with Crippen LogP contribution >= 0.6 is 0 Å². The molecule has 0 spiro atoms. The lowest BCUT2D eigenvalue weighted by Gasteiger charge is -2.21. The molecule has 1 heterocycles. The minimum absolute atomic E-state index is 0.231. The van der Waals surface area contributed by atoms with Gasteiger partial charge in [0, 0.05) is 12.6 Å². The maximum Gasteiger partial charge on any atom is 0.407 e. The SMILES string of the molecule is CC(C)(C)OC(=O)NC1CCNC1.O=C([O-])[O-]. The zero-order valence-corrected chi connectivity index (χ0v) is 10.2. The first kappa shape index (κ1) is 15.5. The molecule has 0 aromatic rings. The fraction of sp³-hybridized carbons (Fsp3) is 0.800. The molecule has 0 radical (unpaired) electrons. The van der Waals surface area contributed by atoms with Crippen LogP contribution in [0.2, 0.25) is 0 Å². The predicted octanol–water partition coefficient (Wildman–Crippen LogP) is -1.57. The van der Waals surface area contributed by atoms with Crippen LogP contribution in [0, 0.1) is 0 Å². The van der Waals surface area contributed by atoms with Crippen molar-refractivity contribution in [2.24, 2.45) is 0 Å². The number of hydrogen-bond acceptors (Lipinski definition) is 6. The summed E-state index contributed by atoms with van der Waals surface area (Å²) in [6.45, 7) is 7.40. The Kier molecular flexibility index (Phi) is 6.34. The molecule has 1 rings (SSSR count). The number of hydrogen-bond donors (Lipinski definition) is 2. The number of alkyl carbamates (subject to hydrolysis) is 1. The molecule has 7 heteroatoms. The summed E-state index contributed by atoms with van der Waals surface area (Å²) < 4.78 is 5.12. The summed E-state index contributed by atoms with van der Waals surface area (Å²) in [6, 6.07) is 0.231. The number of nitrogens with one attached hydrogen (secondary N) is 2. The van der Waals surface area contributed by atoms with Crippen molar-refractivity contribution in [2.45, 2.75) is 38.8 Å². The third kappa shape index (κ3) is 10.8. The van der Waals surface area contributed by atoms with Crippen LogP contribution in [0.4, 0.5) is 9.59 Å². The number of carbonyl (C=O) groups is 2. The minimum Gasteiger partial charge on any atom is -0.652 e. The second-order valence-electron chi connectivity index (χ2n) is 4.59. The maximum atomic E-state index is 11.3. The Balaban J connectivity index is 0.000000557. The highest BCUT2D eigenvalue weighted by Gasteiger charge is 2.21. The molecule has 0 saturated carbocycles. The molecular formula is C10H18N2O5-2. The van der Waals surface area contributed by atoms with Gasteiger partial charge in [-0.1, -0.05) is 0 Å². The Hall–Kier alpha value is -1.50. The van der Waals surface area contributed by atoms with E-state index in [0.29, 0.717) is 0 Å². The molecule has 1 aliphatic rings. The lowest BCUT2D eigenvalue weighted by Crippen LogP contribution is -2.40. The number of rotatable bonds is 1. The third-order valence-electron chi connectivity index (χ3n) is 1.78. The van der Waals surface area contributed by atoms with Crippen LogP contribution in [0.3, 0.4) is 0 Å². The van der Waals surface area contributed by atoms with Crippen LogP contribution in [-0.2, 0) is 4.74 Å². The fourth-order valence-electron chi connectivity index (χ4n) is 1.25. The van der Waals surface area contributed by atoms with E-state index in [0.717, 1.165) is 19.5 Å². The second-order valence-corrected chi connectivity index (χ2v) is 4.59. The second kappa shape index (κ2) is 6.95. The normalized spacial score (nSPS) is 18.9. The summed E-state index contributed by atoms with van der Waals surface area (Å²) in [5.41, 5.74) is -0.407. The molecule has 2 N–H and O–H groups in total. The van der Waals surface area contributed by atoms with E-state index in [4.69, 9.17) is 19.7 Å². The summed E-state index contributed by atoms with van der Waals surface area (Å²) in [5.74, 6) is 0. The highest BCUT2D eigenvalue weighted by molar-refractivity contribution is 5.68. The number of amides is 1. The predicted molar refractivity (Wildman–Crippen MR) is 56.0 cm³/mol. The third-order valence-corrected chi connectivity index (χ3v) is 1.78. The summed E-state index contributed by atoms with van der Waals surface area (Å²) in [6.07, 6.45) is -1.67. The summed E-state index contributed by atoms with van der Waals surface area (Å²) in [5, 5.41) is 22.6. The molecule has 1 atom stereocenters. The van der Waals surface area contributed by atoms with Crippen LogP contribution in [0.1, 0.15) is 27.2 Å². The van der Waals surface area contributed by atoms with Crippen molar-refractivity contribution in [1.82, 2.24) is 10.6 Å². The van der Waals surface area contributed by atoms with E-state index >= 15 is 0 Å². The van der Waals surface area contributed by atoms with E-state index < -0.39 is 11.8 Å². The van der Waals surface area contributed by atoms with Crippen LogP contribution in [0.5, 0.6) is 0 Å². The fourth-order valence-corrected chi connectivity index (χ4v) is 1.25. The van der Waals surface area contributed by atoms with Gasteiger partial charge < -0.3 is 30.4 Å². The molecule has 0 aromatic carbocycles. The Morgan fingerprint density at radius 3 is 2.24 bits per heavy atom. The van der Waals surface area contributed by atoms with Gasteiger partial charge in [0.1, 0.15) is 5.60 Å².